The van der Waals surface area contributed by atoms with Crippen molar-refractivity contribution in [3.05, 3.63) is 101 Å². The maximum atomic E-state index is 14.6. The van der Waals surface area contributed by atoms with Crippen LogP contribution in [0.2, 0.25) is 0 Å². The van der Waals surface area contributed by atoms with Crippen LogP contribution < -0.4 is 10.6 Å². The number of anilines is 1. The van der Waals surface area contributed by atoms with Crippen molar-refractivity contribution in [2.45, 2.75) is 25.7 Å². The summed E-state index contributed by atoms with van der Waals surface area (Å²) >= 11 is 0. The summed E-state index contributed by atoms with van der Waals surface area (Å²) in [6.07, 6.45) is 2.34. The van der Waals surface area contributed by atoms with E-state index in [1.165, 1.54) is 18.3 Å². The highest BCUT2D eigenvalue weighted by Gasteiger charge is 2.31. The van der Waals surface area contributed by atoms with Gasteiger partial charge in [0.25, 0.3) is 0 Å². The van der Waals surface area contributed by atoms with Crippen LogP contribution in [0.25, 0.3) is 11.1 Å². The second-order valence-corrected chi connectivity index (χ2v) is 8.11. The lowest BCUT2D eigenvalue weighted by molar-refractivity contribution is 0.339. The van der Waals surface area contributed by atoms with E-state index in [1.807, 2.05) is 25.1 Å². The molecule has 2 heterocycles. The summed E-state index contributed by atoms with van der Waals surface area (Å²) in [6, 6.07) is 16.8. The molecule has 1 aliphatic carbocycles. The molecule has 0 spiro atoms. The molecule has 0 aliphatic heterocycles. The van der Waals surface area contributed by atoms with Gasteiger partial charge in [-0.25, -0.2) is 19.3 Å². The molecule has 2 aromatic carbocycles. The van der Waals surface area contributed by atoms with E-state index in [0.717, 1.165) is 16.8 Å². The average molecular weight is 457 g/mol. The fourth-order valence-corrected chi connectivity index (χ4v) is 4.42. The van der Waals surface area contributed by atoms with E-state index in [-0.39, 0.29) is 17.4 Å². The predicted molar refractivity (Wildman–Crippen MR) is 125 cm³/mol. The van der Waals surface area contributed by atoms with Gasteiger partial charge in [-0.1, -0.05) is 29.4 Å². The number of halogens is 2. The van der Waals surface area contributed by atoms with Crippen molar-refractivity contribution in [1.29, 1.82) is 0 Å². The molecule has 2 aromatic heterocycles. The van der Waals surface area contributed by atoms with Crippen LogP contribution in [-0.4, -0.2) is 20.7 Å². The molecule has 0 radical (unpaired) electrons. The molecule has 0 saturated carbocycles. The average Bonchev–Trinajstić information content (AvgIpc) is 2.83. The van der Waals surface area contributed by atoms with Crippen LogP contribution in [0.15, 0.2) is 72.0 Å². The maximum Gasteiger partial charge on any atom is 0.220 e. The third-order valence-corrected chi connectivity index (χ3v) is 5.86. The van der Waals surface area contributed by atoms with E-state index in [0.29, 0.717) is 35.6 Å². The van der Waals surface area contributed by atoms with Gasteiger partial charge < -0.3 is 10.6 Å². The van der Waals surface area contributed by atoms with Gasteiger partial charge in [0.1, 0.15) is 5.82 Å². The summed E-state index contributed by atoms with van der Waals surface area (Å²) in [5.41, 5.74) is 10.2. The fourth-order valence-electron chi connectivity index (χ4n) is 4.42. The summed E-state index contributed by atoms with van der Waals surface area (Å²) < 4.78 is 28.8. The molecule has 6 nitrogen and oxygen atoms in total. The number of rotatable bonds is 4. The molecule has 2 N–H and O–H groups in total. The van der Waals surface area contributed by atoms with Crippen molar-refractivity contribution in [3.8, 4) is 16.9 Å². The SMILES string of the molecule is Cc1nc(N)nc2c1C(=NOc1ccccc1)CC(c1ccc(F)cc1-c1cccnc1F)C2. The van der Waals surface area contributed by atoms with E-state index >= 15 is 0 Å². The van der Waals surface area contributed by atoms with Gasteiger partial charge in [0, 0.05) is 23.7 Å². The zero-order valence-electron chi connectivity index (χ0n) is 18.4. The number of pyridine rings is 1. The van der Waals surface area contributed by atoms with E-state index in [2.05, 4.69) is 20.1 Å². The number of aromatic nitrogens is 3. The van der Waals surface area contributed by atoms with Gasteiger partial charge in [0.2, 0.25) is 11.9 Å². The molecule has 0 bridgehead atoms. The van der Waals surface area contributed by atoms with E-state index in [4.69, 9.17) is 10.6 Å². The van der Waals surface area contributed by atoms with Gasteiger partial charge in [-0.2, -0.15) is 4.39 Å². The highest BCUT2D eigenvalue weighted by atomic mass is 19.1. The largest absolute Gasteiger partial charge is 0.368 e. The minimum atomic E-state index is -0.658. The lowest BCUT2D eigenvalue weighted by Crippen LogP contribution is -2.24. The van der Waals surface area contributed by atoms with Crippen LogP contribution in [0.5, 0.6) is 5.75 Å². The lowest BCUT2D eigenvalue weighted by Gasteiger charge is -2.28. The summed E-state index contributed by atoms with van der Waals surface area (Å²) in [5.74, 6) is -0.531. The smallest absolute Gasteiger partial charge is 0.220 e. The van der Waals surface area contributed by atoms with Crippen LogP contribution in [-0.2, 0) is 6.42 Å². The van der Waals surface area contributed by atoms with Gasteiger partial charge in [-0.3, -0.25) is 0 Å². The number of benzene rings is 2. The van der Waals surface area contributed by atoms with Crippen LogP contribution in [0, 0.1) is 18.7 Å². The summed E-state index contributed by atoms with van der Waals surface area (Å²) in [4.78, 5) is 18.2. The molecule has 1 atom stereocenters. The van der Waals surface area contributed by atoms with Crippen molar-refractivity contribution in [2.24, 2.45) is 5.16 Å². The Labute approximate surface area is 195 Å². The normalized spacial score (nSPS) is 16.3. The van der Waals surface area contributed by atoms with Gasteiger partial charge in [-0.15, -0.1) is 0 Å². The van der Waals surface area contributed by atoms with Crippen molar-refractivity contribution in [2.75, 3.05) is 5.73 Å². The molecule has 0 saturated heterocycles. The number of nitrogens with zero attached hydrogens (tertiary/aromatic N) is 4. The van der Waals surface area contributed by atoms with E-state index in [1.54, 1.807) is 30.3 Å². The van der Waals surface area contributed by atoms with Gasteiger partial charge in [-0.05, 0) is 66.8 Å². The second kappa shape index (κ2) is 8.97. The molecule has 170 valence electrons. The minimum Gasteiger partial charge on any atom is -0.368 e. The Kier molecular flexibility index (Phi) is 5.71. The van der Waals surface area contributed by atoms with E-state index < -0.39 is 11.8 Å². The van der Waals surface area contributed by atoms with Crippen molar-refractivity contribution in [1.82, 2.24) is 15.0 Å². The number of oxime groups is 1. The number of hydrogen-bond acceptors (Lipinski definition) is 6. The Bertz CT molecular complexity index is 1390. The Morgan fingerprint density at radius 3 is 2.59 bits per heavy atom. The Morgan fingerprint density at radius 1 is 0.971 bits per heavy atom. The first kappa shape index (κ1) is 21.6. The van der Waals surface area contributed by atoms with Crippen molar-refractivity contribution in [3.63, 3.8) is 0 Å². The zero-order valence-corrected chi connectivity index (χ0v) is 18.4. The number of aryl methyl sites for hydroxylation is 1. The number of hydrogen-bond donors (Lipinski definition) is 1. The van der Waals surface area contributed by atoms with Crippen LogP contribution in [0.3, 0.4) is 0 Å². The van der Waals surface area contributed by atoms with Crippen molar-refractivity contribution >= 4 is 11.7 Å². The van der Waals surface area contributed by atoms with Crippen LogP contribution in [0.1, 0.15) is 34.9 Å². The highest BCUT2D eigenvalue weighted by molar-refractivity contribution is 6.03. The molecular formula is C26H21F2N5O. The molecule has 4 aromatic rings. The molecule has 0 fully saturated rings. The molecule has 34 heavy (non-hydrogen) atoms. The van der Waals surface area contributed by atoms with Gasteiger partial charge >= 0.3 is 0 Å². The first-order chi connectivity index (χ1) is 16.5. The third-order valence-electron chi connectivity index (χ3n) is 5.86. The molecule has 0 amide bonds. The van der Waals surface area contributed by atoms with Crippen LogP contribution >= 0.6 is 0 Å². The second-order valence-electron chi connectivity index (χ2n) is 8.11. The molecule has 5 rings (SSSR count). The third kappa shape index (κ3) is 4.22. The molecule has 1 aliphatic rings. The standard InChI is InChI=1S/C26H21F2N5O/c1-15-24-22(32-26(29)31-15)12-16(13-23(24)33-34-18-6-3-2-4-7-18)19-10-9-17(27)14-21(19)20-8-5-11-30-25(20)28/h2-11,14,16H,12-13H2,1H3,(H2,29,31,32). The van der Waals surface area contributed by atoms with Gasteiger partial charge in [0.05, 0.1) is 17.1 Å². The first-order valence-electron chi connectivity index (χ1n) is 10.8. The fraction of sp³-hybridized carbons (Fsp3) is 0.154. The van der Waals surface area contributed by atoms with E-state index in [9.17, 15) is 8.78 Å². The van der Waals surface area contributed by atoms with Crippen molar-refractivity contribution < 1.29 is 13.6 Å². The first-order valence-corrected chi connectivity index (χ1v) is 10.8. The number of nitrogen functional groups attached to an aromatic ring is 1. The molecular weight excluding hydrogens is 436 g/mol. The Morgan fingerprint density at radius 2 is 1.79 bits per heavy atom. The zero-order chi connectivity index (χ0) is 23.7. The topological polar surface area (TPSA) is 86.3 Å². The Hall–Kier alpha value is -4.20. The minimum absolute atomic E-state index is 0.165. The molecule has 8 heteroatoms. The predicted octanol–water partition coefficient (Wildman–Crippen LogP) is 5.22. The number of para-hydroxylation sites is 1. The lowest BCUT2D eigenvalue weighted by atomic mass is 9.78. The molecule has 1 unspecified atom stereocenters. The monoisotopic (exact) mass is 457 g/mol. The summed E-state index contributed by atoms with van der Waals surface area (Å²) in [5, 5.41) is 4.43. The Balaban J connectivity index is 1.61. The number of fused-ring (bicyclic) bond motifs is 1. The summed E-state index contributed by atoms with van der Waals surface area (Å²) in [7, 11) is 0. The highest BCUT2D eigenvalue weighted by Crippen LogP contribution is 2.39. The maximum absolute atomic E-state index is 14.6. The summed E-state index contributed by atoms with van der Waals surface area (Å²) in [6.45, 7) is 1.85. The number of nitrogens with two attached hydrogens (primary N) is 1. The quantitative estimate of drug-likeness (QED) is 0.335. The van der Waals surface area contributed by atoms with Gasteiger partial charge in [0.15, 0.2) is 5.75 Å². The van der Waals surface area contributed by atoms with Crippen LogP contribution in [0.4, 0.5) is 14.7 Å².